The highest BCUT2D eigenvalue weighted by Crippen LogP contribution is 2.28. The van der Waals surface area contributed by atoms with Crippen LogP contribution in [0.15, 0.2) is 18.2 Å². The number of methoxy groups -OCH3 is 1. The number of nitrogens with zero attached hydrogens (tertiary/aromatic N) is 1. The highest BCUT2D eigenvalue weighted by atomic mass is 16.5. The van der Waals surface area contributed by atoms with Crippen LogP contribution in [0.3, 0.4) is 0 Å². The van der Waals surface area contributed by atoms with Gasteiger partial charge in [0.1, 0.15) is 5.75 Å². The summed E-state index contributed by atoms with van der Waals surface area (Å²) < 4.78 is 10.8. The number of rotatable bonds is 3. The van der Waals surface area contributed by atoms with Crippen LogP contribution in [0.2, 0.25) is 0 Å². The van der Waals surface area contributed by atoms with Gasteiger partial charge in [-0.15, -0.1) is 0 Å². The Hall–Kier alpha value is -1.46. The summed E-state index contributed by atoms with van der Waals surface area (Å²) in [5.74, 6) is 0.740. The number of nitrogens with two attached hydrogens (primary N) is 1. The molecule has 1 aromatic rings. The monoisotopic (exact) mass is 252 g/mol. The van der Waals surface area contributed by atoms with E-state index in [2.05, 4.69) is 11.8 Å². The molecule has 1 aromatic carbocycles. The lowest BCUT2D eigenvalue weighted by Gasteiger charge is -2.39. The van der Waals surface area contributed by atoms with Crippen LogP contribution < -0.4 is 15.4 Å². The minimum atomic E-state index is -0.145. The van der Waals surface area contributed by atoms with E-state index in [0.717, 1.165) is 11.4 Å². The van der Waals surface area contributed by atoms with Crippen molar-refractivity contribution in [1.82, 2.24) is 0 Å². The number of hydrogen-bond donors (Lipinski definition) is 2. The van der Waals surface area contributed by atoms with Gasteiger partial charge in [-0.25, -0.2) is 0 Å². The van der Waals surface area contributed by atoms with Crippen LogP contribution in [-0.4, -0.2) is 44.1 Å². The number of aliphatic hydroxyl groups is 1. The minimum Gasteiger partial charge on any atom is -0.497 e. The quantitative estimate of drug-likeness (QED) is 0.781. The summed E-state index contributed by atoms with van der Waals surface area (Å²) in [5, 5.41) is 9.20. The van der Waals surface area contributed by atoms with Crippen molar-refractivity contribution in [3.8, 4) is 5.75 Å². The van der Waals surface area contributed by atoms with Gasteiger partial charge in [0.15, 0.2) is 0 Å². The fraction of sp³-hybridized carbons (Fsp3) is 0.538. The highest BCUT2D eigenvalue weighted by molar-refractivity contribution is 5.61. The summed E-state index contributed by atoms with van der Waals surface area (Å²) in [6.45, 7) is 3.37. The molecular formula is C13H20N2O3. The molecule has 2 rings (SSSR count). The average Bonchev–Trinajstić information content (AvgIpc) is 2.38. The molecule has 0 spiro atoms. The van der Waals surface area contributed by atoms with Gasteiger partial charge in [0.25, 0.3) is 0 Å². The summed E-state index contributed by atoms with van der Waals surface area (Å²) in [6.07, 6.45) is -0.145. The number of hydrogen-bond acceptors (Lipinski definition) is 5. The van der Waals surface area contributed by atoms with Gasteiger partial charge >= 0.3 is 0 Å². The van der Waals surface area contributed by atoms with Crippen LogP contribution in [0.5, 0.6) is 5.75 Å². The molecule has 5 nitrogen and oxygen atoms in total. The zero-order valence-electron chi connectivity index (χ0n) is 10.8. The van der Waals surface area contributed by atoms with Crippen LogP contribution in [-0.2, 0) is 4.74 Å². The second-order valence-electron chi connectivity index (χ2n) is 4.60. The van der Waals surface area contributed by atoms with Crippen molar-refractivity contribution < 1.29 is 14.6 Å². The van der Waals surface area contributed by atoms with Crippen LogP contribution >= 0.6 is 0 Å². The van der Waals surface area contributed by atoms with Gasteiger partial charge in [0.2, 0.25) is 0 Å². The SMILES string of the molecule is COc1cc(N)cc(N2CC(CO)OCC2C)c1. The molecule has 0 bridgehead atoms. The fourth-order valence-corrected chi connectivity index (χ4v) is 2.18. The molecule has 100 valence electrons. The summed E-state index contributed by atoms with van der Waals surface area (Å²) in [5.41, 5.74) is 7.54. The van der Waals surface area contributed by atoms with E-state index in [-0.39, 0.29) is 18.8 Å². The zero-order chi connectivity index (χ0) is 13.1. The molecule has 2 unspecified atom stereocenters. The Bertz CT molecular complexity index is 411. The highest BCUT2D eigenvalue weighted by Gasteiger charge is 2.26. The van der Waals surface area contributed by atoms with E-state index in [1.54, 1.807) is 13.2 Å². The van der Waals surface area contributed by atoms with E-state index in [1.807, 2.05) is 12.1 Å². The van der Waals surface area contributed by atoms with Crippen molar-refractivity contribution in [1.29, 1.82) is 0 Å². The van der Waals surface area contributed by atoms with Crippen molar-refractivity contribution in [3.63, 3.8) is 0 Å². The summed E-state index contributed by atoms with van der Waals surface area (Å²) in [7, 11) is 1.62. The van der Waals surface area contributed by atoms with Crippen LogP contribution in [0.25, 0.3) is 0 Å². The second kappa shape index (κ2) is 5.46. The Morgan fingerprint density at radius 2 is 2.28 bits per heavy atom. The first-order chi connectivity index (χ1) is 8.63. The lowest BCUT2D eigenvalue weighted by Crippen LogP contribution is -2.49. The van der Waals surface area contributed by atoms with Gasteiger partial charge in [-0.1, -0.05) is 0 Å². The van der Waals surface area contributed by atoms with Gasteiger partial charge in [0.05, 0.1) is 26.4 Å². The second-order valence-corrected chi connectivity index (χ2v) is 4.60. The topological polar surface area (TPSA) is 68.0 Å². The lowest BCUT2D eigenvalue weighted by molar-refractivity contribution is -0.0103. The van der Waals surface area contributed by atoms with Gasteiger partial charge in [-0.05, 0) is 13.0 Å². The molecule has 3 N–H and O–H groups in total. The molecule has 1 heterocycles. The molecule has 5 heteroatoms. The molecular weight excluding hydrogens is 232 g/mol. The Kier molecular flexibility index (Phi) is 3.93. The standard InChI is InChI=1S/C13H20N2O3/c1-9-8-18-13(7-16)6-15(9)11-3-10(14)4-12(5-11)17-2/h3-5,9,13,16H,6-8,14H2,1-2H3. The summed E-state index contributed by atoms with van der Waals surface area (Å²) in [6, 6.07) is 5.91. The first-order valence-corrected chi connectivity index (χ1v) is 6.07. The fourth-order valence-electron chi connectivity index (χ4n) is 2.18. The van der Waals surface area contributed by atoms with Gasteiger partial charge in [-0.3, -0.25) is 0 Å². The van der Waals surface area contributed by atoms with E-state index in [0.29, 0.717) is 18.8 Å². The molecule has 1 aliphatic rings. The first kappa shape index (κ1) is 13.0. The van der Waals surface area contributed by atoms with E-state index < -0.39 is 0 Å². The maximum atomic E-state index is 9.20. The van der Waals surface area contributed by atoms with Crippen LogP contribution in [0, 0.1) is 0 Å². The molecule has 1 saturated heterocycles. The molecule has 0 saturated carbocycles. The van der Waals surface area contributed by atoms with Gasteiger partial charge in [0, 0.05) is 36.1 Å². The Morgan fingerprint density at radius 3 is 2.94 bits per heavy atom. The molecule has 18 heavy (non-hydrogen) atoms. The van der Waals surface area contributed by atoms with Crippen molar-refractivity contribution in [2.45, 2.75) is 19.1 Å². The van der Waals surface area contributed by atoms with E-state index >= 15 is 0 Å². The van der Waals surface area contributed by atoms with Crippen molar-refractivity contribution in [2.75, 3.05) is 37.5 Å². The number of morpholine rings is 1. The predicted molar refractivity (Wildman–Crippen MR) is 71.0 cm³/mol. The van der Waals surface area contributed by atoms with Crippen molar-refractivity contribution in [2.24, 2.45) is 0 Å². The number of aliphatic hydroxyl groups excluding tert-OH is 1. The Balaban J connectivity index is 2.25. The van der Waals surface area contributed by atoms with Gasteiger partial charge < -0.3 is 25.2 Å². The third kappa shape index (κ3) is 2.68. The molecule has 0 aromatic heterocycles. The van der Waals surface area contributed by atoms with Crippen LogP contribution in [0.1, 0.15) is 6.92 Å². The maximum Gasteiger partial charge on any atom is 0.122 e. The molecule has 1 fully saturated rings. The number of benzene rings is 1. The summed E-state index contributed by atoms with van der Waals surface area (Å²) in [4.78, 5) is 2.18. The Morgan fingerprint density at radius 1 is 1.50 bits per heavy atom. The summed E-state index contributed by atoms with van der Waals surface area (Å²) >= 11 is 0. The Labute approximate surface area is 107 Å². The third-order valence-corrected chi connectivity index (χ3v) is 3.19. The number of ether oxygens (including phenoxy) is 2. The first-order valence-electron chi connectivity index (χ1n) is 6.07. The minimum absolute atomic E-state index is 0.0304. The van der Waals surface area contributed by atoms with Gasteiger partial charge in [-0.2, -0.15) is 0 Å². The van der Waals surface area contributed by atoms with E-state index in [9.17, 15) is 5.11 Å². The third-order valence-electron chi connectivity index (χ3n) is 3.19. The molecule has 0 aliphatic carbocycles. The van der Waals surface area contributed by atoms with E-state index in [1.165, 1.54) is 0 Å². The normalized spacial score (nSPS) is 24.1. The molecule has 2 atom stereocenters. The molecule has 1 aliphatic heterocycles. The average molecular weight is 252 g/mol. The lowest BCUT2D eigenvalue weighted by atomic mass is 10.1. The smallest absolute Gasteiger partial charge is 0.122 e. The van der Waals surface area contributed by atoms with Crippen molar-refractivity contribution >= 4 is 11.4 Å². The largest absolute Gasteiger partial charge is 0.497 e. The zero-order valence-corrected chi connectivity index (χ0v) is 10.8. The maximum absolute atomic E-state index is 9.20. The van der Waals surface area contributed by atoms with Crippen molar-refractivity contribution in [3.05, 3.63) is 18.2 Å². The number of nitrogen functional groups attached to an aromatic ring is 1. The number of anilines is 2. The molecule has 0 amide bonds. The van der Waals surface area contributed by atoms with Crippen LogP contribution in [0.4, 0.5) is 11.4 Å². The van der Waals surface area contributed by atoms with E-state index in [4.69, 9.17) is 15.2 Å². The predicted octanol–water partition coefficient (Wildman–Crippen LogP) is 0.863. The molecule has 0 radical (unpaired) electrons.